The molecule has 0 heterocycles. The van der Waals surface area contributed by atoms with Crippen molar-refractivity contribution in [1.82, 2.24) is 10.2 Å². The SMILES string of the molecule is CCC(=O)N(Cc1cc(NC(=O)NC(C)(C)C)ccc1N(C)C)C(C)CC. The van der Waals surface area contributed by atoms with Crippen LogP contribution in [0.4, 0.5) is 16.2 Å². The third kappa shape index (κ3) is 7.12. The molecule has 152 valence electrons. The Morgan fingerprint density at radius 1 is 1.15 bits per heavy atom. The quantitative estimate of drug-likeness (QED) is 0.749. The van der Waals surface area contributed by atoms with Gasteiger partial charge in [0.25, 0.3) is 0 Å². The van der Waals surface area contributed by atoms with Crippen molar-refractivity contribution in [3.8, 4) is 0 Å². The molecule has 27 heavy (non-hydrogen) atoms. The lowest BCUT2D eigenvalue weighted by molar-refractivity contribution is -0.133. The van der Waals surface area contributed by atoms with Gasteiger partial charge in [-0.1, -0.05) is 13.8 Å². The van der Waals surface area contributed by atoms with E-state index in [1.807, 2.05) is 69.8 Å². The third-order valence-corrected chi connectivity index (χ3v) is 4.39. The molecule has 0 radical (unpaired) electrons. The van der Waals surface area contributed by atoms with Crippen LogP contribution in [0, 0.1) is 0 Å². The van der Waals surface area contributed by atoms with E-state index in [-0.39, 0.29) is 23.5 Å². The maximum absolute atomic E-state index is 12.4. The Balaban J connectivity index is 3.14. The predicted octanol–water partition coefficient (Wildman–Crippen LogP) is 4.21. The molecule has 0 aromatic heterocycles. The normalized spacial score (nSPS) is 12.3. The number of nitrogens with zero attached hydrogens (tertiary/aromatic N) is 2. The Kier molecular flexibility index (Phi) is 8.13. The Morgan fingerprint density at radius 2 is 1.78 bits per heavy atom. The number of carbonyl (C=O) groups excluding carboxylic acids is 2. The molecular weight excluding hydrogens is 340 g/mol. The van der Waals surface area contributed by atoms with E-state index in [1.165, 1.54) is 0 Å². The number of amides is 3. The van der Waals surface area contributed by atoms with E-state index in [2.05, 4.69) is 24.5 Å². The van der Waals surface area contributed by atoms with E-state index in [1.54, 1.807) is 0 Å². The lowest BCUT2D eigenvalue weighted by Gasteiger charge is -2.30. The van der Waals surface area contributed by atoms with E-state index in [0.29, 0.717) is 18.7 Å². The first-order valence-electron chi connectivity index (χ1n) is 9.67. The Bertz CT molecular complexity index is 650. The summed E-state index contributed by atoms with van der Waals surface area (Å²) >= 11 is 0. The summed E-state index contributed by atoms with van der Waals surface area (Å²) in [7, 11) is 3.96. The van der Waals surface area contributed by atoms with Gasteiger partial charge in [0.05, 0.1) is 0 Å². The molecule has 3 amide bonds. The molecule has 6 heteroatoms. The molecule has 0 aliphatic carbocycles. The number of hydrogen-bond acceptors (Lipinski definition) is 3. The van der Waals surface area contributed by atoms with Crippen LogP contribution in [0.1, 0.15) is 59.9 Å². The van der Waals surface area contributed by atoms with Gasteiger partial charge in [-0.3, -0.25) is 4.79 Å². The second kappa shape index (κ2) is 9.62. The molecule has 0 saturated heterocycles. The lowest BCUT2D eigenvalue weighted by Crippen LogP contribution is -2.43. The monoisotopic (exact) mass is 376 g/mol. The van der Waals surface area contributed by atoms with Gasteiger partial charge in [0.15, 0.2) is 0 Å². The number of carbonyl (C=O) groups is 2. The summed E-state index contributed by atoms with van der Waals surface area (Å²) in [5.74, 6) is 0.137. The Hall–Kier alpha value is -2.24. The van der Waals surface area contributed by atoms with E-state index >= 15 is 0 Å². The summed E-state index contributed by atoms with van der Waals surface area (Å²) in [5.41, 5.74) is 2.45. The molecule has 1 atom stereocenters. The highest BCUT2D eigenvalue weighted by Crippen LogP contribution is 2.26. The molecule has 0 bridgehead atoms. The first-order valence-corrected chi connectivity index (χ1v) is 9.67. The summed E-state index contributed by atoms with van der Waals surface area (Å²) in [5, 5.41) is 5.79. The zero-order valence-corrected chi connectivity index (χ0v) is 18.1. The van der Waals surface area contributed by atoms with E-state index in [0.717, 1.165) is 17.7 Å². The molecule has 1 aromatic carbocycles. The van der Waals surface area contributed by atoms with Gasteiger partial charge in [-0.05, 0) is 57.9 Å². The van der Waals surface area contributed by atoms with Crippen molar-refractivity contribution < 1.29 is 9.59 Å². The van der Waals surface area contributed by atoms with Gasteiger partial charge in [0, 0.05) is 50.0 Å². The molecule has 6 nitrogen and oxygen atoms in total. The van der Waals surface area contributed by atoms with Crippen LogP contribution < -0.4 is 15.5 Å². The van der Waals surface area contributed by atoms with Crippen LogP contribution >= 0.6 is 0 Å². The maximum Gasteiger partial charge on any atom is 0.319 e. The van der Waals surface area contributed by atoms with Gasteiger partial charge in [0.2, 0.25) is 5.91 Å². The fraction of sp³-hybridized carbons (Fsp3) is 0.619. The number of rotatable bonds is 7. The molecule has 1 aromatic rings. The zero-order chi connectivity index (χ0) is 20.8. The van der Waals surface area contributed by atoms with Crippen molar-refractivity contribution in [3.63, 3.8) is 0 Å². The smallest absolute Gasteiger partial charge is 0.319 e. The minimum absolute atomic E-state index is 0.137. The molecule has 0 fully saturated rings. The average Bonchev–Trinajstić information content (AvgIpc) is 2.56. The first kappa shape index (κ1) is 22.8. The molecule has 0 aliphatic rings. The number of nitrogens with one attached hydrogen (secondary N) is 2. The summed E-state index contributed by atoms with van der Waals surface area (Å²) in [6.45, 7) is 12.4. The minimum Gasteiger partial charge on any atom is -0.377 e. The second-order valence-electron chi connectivity index (χ2n) is 8.20. The van der Waals surface area contributed by atoms with Crippen molar-refractivity contribution in [2.24, 2.45) is 0 Å². The van der Waals surface area contributed by atoms with Crippen LogP contribution in [-0.4, -0.2) is 42.5 Å². The number of benzene rings is 1. The van der Waals surface area contributed by atoms with Crippen LogP contribution in [0.15, 0.2) is 18.2 Å². The summed E-state index contributed by atoms with van der Waals surface area (Å²) in [6.07, 6.45) is 1.38. The first-order chi connectivity index (χ1) is 12.5. The fourth-order valence-electron chi connectivity index (χ4n) is 2.83. The average molecular weight is 377 g/mol. The lowest BCUT2D eigenvalue weighted by atomic mass is 10.1. The van der Waals surface area contributed by atoms with Crippen LogP contribution in [-0.2, 0) is 11.3 Å². The Morgan fingerprint density at radius 3 is 2.26 bits per heavy atom. The van der Waals surface area contributed by atoms with Crippen molar-refractivity contribution in [1.29, 1.82) is 0 Å². The Labute approximate surface area is 164 Å². The highest BCUT2D eigenvalue weighted by Gasteiger charge is 2.20. The van der Waals surface area contributed by atoms with Crippen molar-refractivity contribution >= 4 is 23.3 Å². The predicted molar refractivity (Wildman–Crippen MR) is 113 cm³/mol. The highest BCUT2D eigenvalue weighted by molar-refractivity contribution is 5.90. The summed E-state index contributed by atoms with van der Waals surface area (Å²) in [4.78, 5) is 28.6. The fourth-order valence-corrected chi connectivity index (χ4v) is 2.83. The van der Waals surface area contributed by atoms with Crippen molar-refractivity contribution in [2.45, 2.75) is 72.5 Å². The molecule has 1 rings (SSSR count). The zero-order valence-electron chi connectivity index (χ0n) is 18.1. The standard InChI is InChI=1S/C21H36N4O2/c1-9-15(3)25(19(26)10-2)14-16-13-17(11-12-18(16)24(7)8)22-20(27)23-21(4,5)6/h11-13,15H,9-10,14H2,1-8H3,(H2,22,23,27). The second-order valence-corrected chi connectivity index (χ2v) is 8.20. The van der Waals surface area contributed by atoms with Crippen LogP contribution in [0.5, 0.6) is 0 Å². The van der Waals surface area contributed by atoms with Crippen LogP contribution in [0.25, 0.3) is 0 Å². The number of urea groups is 1. The summed E-state index contributed by atoms with van der Waals surface area (Å²) in [6, 6.07) is 5.74. The number of hydrogen-bond donors (Lipinski definition) is 2. The van der Waals surface area contributed by atoms with E-state index in [4.69, 9.17) is 0 Å². The maximum atomic E-state index is 12.4. The summed E-state index contributed by atoms with van der Waals surface area (Å²) < 4.78 is 0. The highest BCUT2D eigenvalue weighted by atomic mass is 16.2. The molecule has 1 unspecified atom stereocenters. The van der Waals surface area contributed by atoms with Gasteiger partial charge in [0.1, 0.15) is 0 Å². The van der Waals surface area contributed by atoms with Gasteiger partial charge in [-0.25, -0.2) is 4.79 Å². The molecule has 0 spiro atoms. The molecule has 2 N–H and O–H groups in total. The molecule has 0 saturated carbocycles. The van der Waals surface area contributed by atoms with E-state index < -0.39 is 0 Å². The molecular formula is C21H36N4O2. The topological polar surface area (TPSA) is 64.7 Å². The van der Waals surface area contributed by atoms with Crippen LogP contribution in [0.2, 0.25) is 0 Å². The van der Waals surface area contributed by atoms with Gasteiger partial charge < -0.3 is 20.4 Å². The molecule has 0 aliphatic heterocycles. The van der Waals surface area contributed by atoms with Gasteiger partial charge >= 0.3 is 6.03 Å². The number of anilines is 2. The van der Waals surface area contributed by atoms with Crippen molar-refractivity contribution in [3.05, 3.63) is 23.8 Å². The van der Waals surface area contributed by atoms with Gasteiger partial charge in [-0.15, -0.1) is 0 Å². The van der Waals surface area contributed by atoms with Crippen LogP contribution in [0.3, 0.4) is 0 Å². The largest absolute Gasteiger partial charge is 0.377 e. The van der Waals surface area contributed by atoms with Crippen molar-refractivity contribution in [2.75, 3.05) is 24.3 Å². The third-order valence-electron chi connectivity index (χ3n) is 4.39. The van der Waals surface area contributed by atoms with Gasteiger partial charge in [-0.2, -0.15) is 0 Å². The van der Waals surface area contributed by atoms with E-state index in [9.17, 15) is 9.59 Å². The minimum atomic E-state index is -0.308.